The number of nitrogens with one attached hydrogen (secondary N) is 1. The van der Waals surface area contributed by atoms with Gasteiger partial charge in [0.25, 0.3) is 0 Å². The van der Waals surface area contributed by atoms with Crippen LogP contribution in [0.3, 0.4) is 0 Å². The van der Waals surface area contributed by atoms with Crippen molar-refractivity contribution in [1.82, 2.24) is 15.1 Å². The van der Waals surface area contributed by atoms with Gasteiger partial charge in [0.15, 0.2) is 0 Å². The zero-order chi connectivity index (χ0) is 14.5. The maximum absolute atomic E-state index is 12.3. The summed E-state index contributed by atoms with van der Waals surface area (Å²) in [6, 6.07) is 8.47. The van der Waals surface area contributed by atoms with E-state index in [-0.39, 0.29) is 24.4 Å². The minimum absolute atomic E-state index is 0. The molecular formula is C15H23BrClN3O. The Balaban J connectivity index is 0.00000220. The highest BCUT2D eigenvalue weighted by molar-refractivity contribution is 9.10. The summed E-state index contributed by atoms with van der Waals surface area (Å²) >= 11 is 3.49. The SMILES string of the molecule is CC(c1cccc(Br)c1)N(C)CC(=O)N1CCNCC1.Cl. The minimum Gasteiger partial charge on any atom is -0.339 e. The topological polar surface area (TPSA) is 35.6 Å². The summed E-state index contributed by atoms with van der Waals surface area (Å²) in [5.74, 6) is 0.218. The third-order valence-electron chi connectivity index (χ3n) is 3.85. The molecule has 1 aromatic carbocycles. The lowest BCUT2D eigenvalue weighted by Gasteiger charge is -2.31. The molecule has 1 N–H and O–H groups in total. The second-order valence-electron chi connectivity index (χ2n) is 5.28. The molecule has 6 heteroatoms. The molecule has 1 amide bonds. The summed E-state index contributed by atoms with van der Waals surface area (Å²) in [5, 5.41) is 3.27. The van der Waals surface area contributed by atoms with Crippen LogP contribution >= 0.6 is 28.3 Å². The maximum atomic E-state index is 12.3. The smallest absolute Gasteiger partial charge is 0.236 e. The highest BCUT2D eigenvalue weighted by atomic mass is 79.9. The first-order valence-electron chi connectivity index (χ1n) is 7.02. The molecular weight excluding hydrogens is 354 g/mol. The van der Waals surface area contributed by atoms with Crippen molar-refractivity contribution in [2.45, 2.75) is 13.0 Å². The van der Waals surface area contributed by atoms with Crippen LogP contribution < -0.4 is 5.32 Å². The Bertz CT molecular complexity index is 466. The number of carbonyl (C=O) groups is 1. The quantitative estimate of drug-likeness (QED) is 0.876. The molecule has 1 aromatic rings. The minimum atomic E-state index is 0. The van der Waals surface area contributed by atoms with Gasteiger partial charge in [-0.05, 0) is 31.7 Å². The van der Waals surface area contributed by atoms with E-state index in [0.29, 0.717) is 6.54 Å². The van der Waals surface area contributed by atoms with E-state index in [0.717, 1.165) is 30.7 Å². The van der Waals surface area contributed by atoms with Gasteiger partial charge in [-0.15, -0.1) is 12.4 Å². The summed E-state index contributed by atoms with van der Waals surface area (Å²) < 4.78 is 1.07. The summed E-state index contributed by atoms with van der Waals surface area (Å²) in [6.07, 6.45) is 0. The lowest BCUT2D eigenvalue weighted by Crippen LogP contribution is -2.49. The highest BCUT2D eigenvalue weighted by Crippen LogP contribution is 2.22. The predicted molar refractivity (Wildman–Crippen MR) is 91.9 cm³/mol. The molecule has 1 aliphatic heterocycles. The van der Waals surface area contributed by atoms with Crippen LogP contribution in [0, 0.1) is 0 Å². The van der Waals surface area contributed by atoms with Crippen LogP contribution in [-0.2, 0) is 4.79 Å². The molecule has 0 aliphatic carbocycles. The monoisotopic (exact) mass is 375 g/mol. The van der Waals surface area contributed by atoms with Gasteiger partial charge in [-0.1, -0.05) is 28.1 Å². The van der Waals surface area contributed by atoms with Crippen LogP contribution in [0.15, 0.2) is 28.7 Å². The van der Waals surface area contributed by atoms with E-state index in [1.54, 1.807) is 0 Å². The lowest BCUT2D eigenvalue weighted by molar-refractivity contribution is -0.133. The normalized spacial score (nSPS) is 16.5. The molecule has 1 unspecified atom stereocenters. The molecule has 0 radical (unpaired) electrons. The third kappa shape index (κ3) is 5.25. The summed E-state index contributed by atoms with van der Waals surface area (Å²) in [6.45, 7) is 6.03. The number of benzene rings is 1. The van der Waals surface area contributed by atoms with Gasteiger partial charge < -0.3 is 10.2 Å². The van der Waals surface area contributed by atoms with E-state index in [9.17, 15) is 4.79 Å². The fourth-order valence-electron chi connectivity index (χ4n) is 2.39. The maximum Gasteiger partial charge on any atom is 0.236 e. The van der Waals surface area contributed by atoms with Crippen molar-refractivity contribution in [3.63, 3.8) is 0 Å². The molecule has 1 heterocycles. The lowest BCUT2D eigenvalue weighted by atomic mass is 10.1. The van der Waals surface area contributed by atoms with Crippen LogP contribution in [0.4, 0.5) is 0 Å². The average molecular weight is 377 g/mol. The van der Waals surface area contributed by atoms with Gasteiger partial charge in [-0.2, -0.15) is 0 Å². The zero-order valence-electron chi connectivity index (χ0n) is 12.5. The molecule has 1 atom stereocenters. The average Bonchev–Trinajstić information content (AvgIpc) is 2.47. The number of amides is 1. The first-order valence-corrected chi connectivity index (χ1v) is 7.81. The number of hydrogen-bond acceptors (Lipinski definition) is 3. The van der Waals surface area contributed by atoms with Crippen LogP contribution in [0.1, 0.15) is 18.5 Å². The van der Waals surface area contributed by atoms with Crippen LogP contribution in [-0.4, -0.2) is 55.5 Å². The number of hydrogen-bond donors (Lipinski definition) is 1. The van der Waals surface area contributed by atoms with Crippen LogP contribution in [0.25, 0.3) is 0 Å². The van der Waals surface area contributed by atoms with E-state index in [1.165, 1.54) is 5.56 Å². The Labute approximate surface area is 141 Å². The molecule has 118 valence electrons. The fourth-order valence-corrected chi connectivity index (χ4v) is 2.80. The van der Waals surface area contributed by atoms with Crippen molar-refractivity contribution in [2.24, 2.45) is 0 Å². The van der Waals surface area contributed by atoms with Crippen molar-refractivity contribution in [1.29, 1.82) is 0 Å². The second kappa shape index (κ2) is 8.73. The number of rotatable bonds is 4. The van der Waals surface area contributed by atoms with Gasteiger partial charge in [-0.25, -0.2) is 0 Å². The van der Waals surface area contributed by atoms with Crippen molar-refractivity contribution in [3.8, 4) is 0 Å². The molecule has 2 rings (SSSR count). The van der Waals surface area contributed by atoms with E-state index in [2.05, 4.69) is 45.2 Å². The van der Waals surface area contributed by atoms with E-state index < -0.39 is 0 Å². The Morgan fingerprint density at radius 3 is 2.71 bits per heavy atom. The Kier molecular flexibility index (Phi) is 7.66. The fraction of sp³-hybridized carbons (Fsp3) is 0.533. The Morgan fingerprint density at radius 1 is 1.43 bits per heavy atom. The van der Waals surface area contributed by atoms with Gasteiger partial charge in [0, 0.05) is 36.7 Å². The van der Waals surface area contributed by atoms with Crippen molar-refractivity contribution < 1.29 is 4.79 Å². The largest absolute Gasteiger partial charge is 0.339 e. The molecule has 0 aromatic heterocycles. The molecule has 0 saturated carbocycles. The van der Waals surface area contributed by atoms with E-state index in [1.807, 2.05) is 24.1 Å². The Morgan fingerprint density at radius 2 is 2.10 bits per heavy atom. The standard InChI is InChI=1S/C15H22BrN3O.ClH/c1-12(13-4-3-5-14(16)10-13)18(2)11-15(20)19-8-6-17-7-9-19;/h3-5,10,12,17H,6-9,11H2,1-2H3;1H. The second-order valence-corrected chi connectivity index (χ2v) is 6.19. The molecule has 21 heavy (non-hydrogen) atoms. The van der Waals surface area contributed by atoms with Gasteiger partial charge in [0.05, 0.1) is 6.54 Å². The third-order valence-corrected chi connectivity index (χ3v) is 4.34. The van der Waals surface area contributed by atoms with Crippen LogP contribution in [0.5, 0.6) is 0 Å². The van der Waals surface area contributed by atoms with Gasteiger partial charge in [0.2, 0.25) is 5.91 Å². The number of halogens is 2. The summed E-state index contributed by atoms with van der Waals surface area (Å²) in [5.41, 5.74) is 1.22. The number of piperazine rings is 1. The Hall–Kier alpha value is -0.620. The number of likely N-dealkylation sites (N-methyl/N-ethyl adjacent to an activating group) is 1. The first-order chi connectivity index (χ1) is 9.58. The van der Waals surface area contributed by atoms with E-state index >= 15 is 0 Å². The number of nitrogens with zero attached hydrogens (tertiary/aromatic N) is 2. The highest BCUT2D eigenvalue weighted by Gasteiger charge is 2.20. The molecule has 0 spiro atoms. The van der Waals surface area contributed by atoms with Crippen molar-refractivity contribution >= 4 is 34.2 Å². The molecule has 1 fully saturated rings. The zero-order valence-corrected chi connectivity index (χ0v) is 14.9. The summed E-state index contributed by atoms with van der Waals surface area (Å²) in [4.78, 5) is 16.3. The molecule has 1 aliphatic rings. The molecule has 4 nitrogen and oxygen atoms in total. The number of carbonyl (C=O) groups excluding carboxylic acids is 1. The van der Waals surface area contributed by atoms with E-state index in [4.69, 9.17) is 0 Å². The van der Waals surface area contributed by atoms with Crippen LogP contribution in [0.2, 0.25) is 0 Å². The van der Waals surface area contributed by atoms with Gasteiger partial charge in [-0.3, -0.25) is 9.69 Å². The van der Waals surface area contributed by atoms with Gasteiger partial charge >= 0.3 is 0 Å². The molecule has 1 saturated heterocycles. The first kappa shape index (κ1) is 18.4. The summed E-state index contributed by atoms with van der Waals surface area (Å²) in [7, 11) is 2.01. The van der Waals surface area contributed by atoms with Gasteiger partial charge in [0.1, 0.15) is 0 Å². The van der Waals surface area contributed by atoms with Crippen molar-refractivity contribution in [2.75, 3.05) is 39.8 Å². The molecule has 0 bridgehead atoms. The van der Waals surface area contributed by atoms with Crippen molar-refractivity contribution in [3.05, 3.63) is 34.3 Å². The predicted octanol–water partition coefficient (Wildman–Crippen LogP) is 2.30.